The van der Waals surface area contributed by atoms with Gasteiger partial charge in [-0.25, -0.2) is 0 Å². The lowest BCUT2D eigenvalue weighted by Gasteiger charge is -2.16. The van der Waals surface area contributed by atoms with E-state index in [1.165, 1.54) is 12.7 Å². The van der Waals surface area contributed by atoms with Gasteiger partial charge in [0.05, 0.1) is 7.11 Å². The molecule has 1 aromatic rings. The first-order valence-electron chi connectivity index (χ1n) is 6.80. The van der Waals surface area contributed by atoms with Crippen LogP contribution in [0.1, 0.15) is 25.3 Å². The van der Waals surface area contributed by atoms with Crippen LogP contribution in [0.5, 0.6) is 5.75 Å². The predicted octanol–water partition coefficient (Wildman–Crippen LogP) is 1.92. The molecule has 0 aliphatic carbocycles. The van der Waals surface area contributed by atoms with Crippen molar-refractivity contribution in [2.24, 2.45) is 0 Å². The van der Waals surface area contributed by atoms with E-state index in [1.807, 2.05) is 18.2 Å². The van der Waals surface area contributed by atoms with Gasteiger partial charge < -0.3 is 14.8 Å². The van der Waals surface area contributed by atoms with Crippen LogP contribution in [0.15, 0.2) is 24.3 Å². The lowest BCUT2D eigenvalue weighted by molar-refractivity contribution is -0.142. The number of aryl methyl sites for hydroxylation is 1. The van der Waals surface area contributed by atoms with Crippen LogP contribution in [0, 0.1) is 0 Å². The van der Waals surface area contributed by atoms with Crippen LogP contribution in [0.25, 0.3) is 0 Å². The molecule has 4 heteroatoms. The van der Waals surface area contributed by atoms with Gasteiger partial charge in [-0.2, -0.15) is 0 Å². The second-order valence-electron chi connectivity index (χ2n) is 4.82. The van der Waals surface area contributed by atoms with E-state index in [2.05, 4.69) is 18.3 Å². The van der Waals surface area contributed by atoms with Gasteiger partial charge in [-0.05, 0) is 18.1 Å². The summed E-state index contributed by atoms with van der Waals surface area (Å²) in [5.74, 6) is 0.717. The second-order valence-corrected chi connectivity index (χ2v) is 4.82. The van der Waals surface area contributed by atoms with Crippen molar-refractivity contribution < 1.29 is 14.3 Å². The first-order chi connectivity index (χ1) is 9.24. The molecule has 1 heterocycles. The fraction of sp³-hybridized carbons (Fsp3) is 0.533. The number of hydrogen-bond acceptors (Lipinski definition) is 4. The molecular formula is C15H21NO3. The minimum absolute atomic E-state index is 0.0297. The highest BCUT2D eigenvalue weighted by Crippen LogP contribution is 2.23. The molecule has 2 rings (SSSR count). The van der Waals surface area contributed by atoms with Gasteiger partial charge in [0.15, 0.2) is 0 Å². The maximum absolute atomic E-state index is 11.4. The average Bonchev–Trinajstić information content (AvgIpc) is 2.89. The number of carbonyl (C=O) groups excluding carboxylic acids is 1. The highest BCUT2D eigenvalue weighted by atomic mass is 16.5. The summed E-state index contributed by atoms with van der Waals surface area (Å²) in [5.41, 5.74) is 1.23. The molecule has 19 heavy (non-hydrogen) atoms. The third-order valence-corrected chi connectivity index (χ3v) is 3.36. The van der Waals surface area contributed by atoms with E-state index in [1.54, 1.807) is 0 Å². The van der Waals surface area contributed by atoms with Crippen LogP contribution >= 0.6 is 0 Å². The smallest absolute Gasteiger partial charge is 0.323 e. The quantitative estimate of drug-likeness (QED) is 0.825. The lowest BCUT2D eigenvalue weighted by Crippen LogP contribution is -2.31. The lowest BCUT2D eigenvalue weighted by atomic mass is 10.1. The van der Waals surface area contributed by atoms with E-state index >= 15 is 0 Å². The molecule has 2 unspecified atom stereocenters. The Labute approximate surface area is 114 Å². The molecule has 0 aromatic heterocycles. The van der Waals surface area contributed by atoms with Crippen LogP contribution in [0.2, 0.25) is 0 Å². The summed E-state index contributed by atoms with van der Waals surface area (Å²) in [7, 11) is 1.41. The fourth-order valence-electron chi connectivity index (χ4n) is 2.39. The molecule has 0 radical (unpaired) electrons. The molecule has 0 bridgehead atoms. The Morgan fingerprint density at radius 1 is 1.42 bits per heavy atom. The largest absolute Gasteiger partial charge is 0.489 e. The second kappa shape index (κ2) is 6.57. The SMILES string of the molecule is CCCc1ccccc1OC1CNC(C(=O)OC)C1. The minimum atomic E-state index is -0.242. The Morgan fingerprint density at radius 3 is 2.95 bits per heavy atom. The molecule has 1 aliphatic heterocycles. The van der Waals surface area contributed by atoms with Gasteiger partial charge in [0.25, 0.3) is 0 Å². The number of carbonyl (C=O) groups is 1. The van der Waals surface area contributed by atoms with Crippen LogP contribution in [-0.4, -0.2) is 31.8 Å². The van der Waals surface area contributed by atoms with Crippen molar-refractivity contribution in [3.05, 3.63) is 29.8 Å². The highest BCUT2D eigenvalue weighted by molar-refractivity contribution is 5.76. The molecule has 1 saturated heterocycles. The number of para-hydroxylation sites is 1. The molecule has 1 N–H and O–H groups in total. The van der Waals surface area contributed by atoms with E-state index in [9.17, 15) is 4.79 Å². The van der Waals surface area contributed by atoms with E-state index in [4.69, 9.17) is 9.47 Å². The number of methoxy groups -OCH3 is 1. The zero-order chi connectivity index (χ0) is 13.7. The average molecular weight is 263 g/mol. The Hall–Kier alpha value is -1.55. The molecule has 1 aromatic carbocycles. The zero-order valence-corrected chi connectivity index (χ0v) is 11.5. The standard InChI is InChI=1S/C15H21NO3/c1-3-6-11-7-4-5-8-14(11)19-12-9-13(16-10-12)15(17)18-2/h4-5,7-8,12-13,16H,3,6,9-10H2,1-2H3. The Kier molecular flexibility index (Phi) is 4.80. The number of hydrogen-bond donors (Lipinski definition) is 1. The summed E-state index contributed by atoms with van der Waals surface area (Å²) in [6, 6.07) is 7.86. The maximum atomic E-state index is 11.4. The van der Waals surface area contributed by atoms with Crippen LogP contribution < -0.4 is 10.1 Å². The van der Waals surface area contributed by atoms with Crippen molar-refractivity contribution in [3.8, 4) is 5.75 Å². The third-order valence-electron chi connectivity index (χ3n) is 3.36. The highest BCUT2D eigenvalue weighted by Gasteiger charge is 2.31. The van der Waals surface area contributed by atoms with Crippen molar-refractivity contribution in [3.63, 3.8) is 0 Å². The number of benzene rings is 1. The van der Waals surface area contributed by atoms with E-state index in [0.29, 0.717) is 13.0 Å². The summed E-state index contributed by atoms with van der Waals surface area (Å²) in [5, 5.41) is 3.13. The monoisotopic (exact) mass is 263 g/mol. The van der Waals surface area contributed by atoms with Gasteiger partial charge in [0.2, 0.25) is 0 Å². The van der Waals surface area contributed by atoms with Crippen LogP contribution in [-0.2, 0) is 16.0 Å². The molecule has 1 fully saturated rings. The molecule has 0 spiro atoms. The Bertz CT molecular complexity index is 433. The summed E-state index contributed by atoms with van der Waals surface area (Å²) >= 11 is 0. The predicted molar refractivity (Wildman–Crippen MR) is 73.3 cm³/mol. The van der Waals surface area contributed by atoms with Gasteiger partial charge in [0.1, 0.15) is 17.9 Å². The van der Waals surface area contributed by atoms with Gasteiger partial charge in [0, 0.05) is 13.0 Å². The summed E-state index contributed by atoms with van der Waals surface area (Å²) in [4.78, 5) is 11.4. The van der Waals surface area contributed by atoms with E-state index in [-0.39, 0.29) is 18.1 Å². The fourth-order valence-corrected chi connectivity index (χ4v) is 2.39. The van der Waals surface area contributed by atoms with Crippen molar-refractivity contribution in [1.82, 2.24) is 5.32 Å². The van der Waals surface area contributed by atoms with E-state index < -0.39 is 0 Å². The van der Waals surface area contributed by atoms with Crippen molar-refractivity contribution in [2.75, 3.05) is 13.7 Å². The first-order valence-corrected chi connectivity index (χ1v) is 6.80. The Morgan fingerprint density at radius 2 is 2.21 bits per heavy atom. The number of nitrogens with one attached hydrogen (secondary N) is 1. The van der Waals surface area contributed by atoms with Crippen LogP contribution in [0.4, 0.5) is 0 Å². The summed E-state index contributed by atoms with van der Waals surface area (Å²) in [6.45, 7) is 2.83. The number of esters is 1. The topological polar surface area (TPSA) is 47.6 Å². The number of ether oxygens (including phenoxy) is 2. The van der Waals surface area contributed by atoms with Gasteiger partial charge >= 0.3 is 5.97 Å². The van der Waals surface area contributed by atoms with Crippen molar-refractivity contribution in [1.29, 1.82) is 0 Å². The van der Waals surface area contributed by atoms with Gasteiger partial charge in [-0.15, -0.1) is 0 Å². The molecular weight excluding hydrogens is 242 g/mol. The molecule has 104 valence electrons. The molecule has 0 amide bonds. The zero-order valence-electron chi connectivity index (χ0n) is 11.5. The first kappa shape index (κ1) is 13.9. The Balaban J connectivity index is 1.97. The third kappa shape index (κ3) is 3.47. The maximum Gasteiger partial charge on any atom is 0.323 e. The van der Waals surface area contributed by atoms with E-state index in [0.717, 1.165) is 18.6 Å². The molecule has 2 atom stereocenters. The van der Waals surface area contributed by atoms with Crippen molar-refractivity contribution in [2.45, 2.75) is 38.3 Å². The molecule has 1 aliphatic rings. The number of rotatable bonds is 5. The van der Waals surface area contributed by atoms with Crippen molar-refractivity contribution >= 4 is 5.97 Å². The minimum Gasteiger partial charge on any atom is -0.489 e. The molecule has 4 nitrogen and oxygen atoms in total. The van der Waals surface area contributed by atoms with Gasteiger partial charge in [-0.1, -0.05) is 31.5 Å². The normalized spacial score (nSPS) is 22.2. The van der Waals surface area contributed by atoms with Crippen LogP contribution in [0.3, 0.4) is 0 Å². The summed E-state index contributed by atoms with van der Waals surface area (Å²) < 4.78 is 10.8. The molecule has 0 saturated carbocycles. The van der Waals surface area contributed by atoms with Gasteiger partial charge in [-0.3, -0.25) is 4.79 Å². The summed E-state index contributed by atoms with van der Waals surface area (Å²) in [6.07, 6.45) is 2.79.